The minimum Gasteiger partial charge on any atom is -0.479 e. The first kappa shape index (κ1) is 10.3. The molecular formula is C7H12ClNO2. The van der Waals surface area contributed by atoms with Crippen LogP contribution in [-0.2, 0) is 9.57 Å². The van der Waals surface area contributed by atoms with Gasteiger partial charge in [0.25, 0.3) is 0 Å². The third-order valence-electron chi connectivity index (χ3n) is 0.820. The van der Waals surface area contributed by atoms with Gasteiger partial charge in [-0.25, -0.2) is 0 Å². The average Bonchev–Trinajstić information content (AvgIpc) is 2.01. The number of hydrogen-bond acceptors (Lipinski definition) is 3. The summed E-state index contributed by atoms with van der Waals surface area (Å²) in [5, 5.41) is 3.58. The highest BCUT2D eigenvalue weighted by Crippen LogP contribution is 1.99. The van der Waals surface area contributed by atoms with Gasteiger partial charge >= 0.3 is 0 Å². The fourth-order valence-corrected chi connectivity index (χ4v) is 0.443. The Morgan fingerprint density at radius 2 is 2.45 bits per heavy atom. The van der Waals surface area contributed by atoms with E-state index in [2.05, 4.69) is 11.7 Å². The lowest BCUT2D eigenvalue weighted by Gasteiger charge is -2.03. The number of halogens is 1. The van der Waals surface area contributed by atoms with Crippen LogP contribution in [0.4, 0.5) is 0 Å². The van der Waals surface area contributed by atoms with Gasteiger partial charge < -0.3 is 9.57 Å². The summed E-state index contributed by atoms with van der Waals surface area (Å²) in [5.41, 5.74) is -0.592. The maximum atomic E-state index is 5.51. The van der Waals surface area contributed by atoms with Crippen LogP contribution in [0.25, 0.3) is 0 Å². The standard InChI is InChI=1S/C7H12ClNO2/c1-4-7(8)11-9-6(3)10-5-2/h4,7H,1,5H2,2-3H3. The van der Waals surface area contributed by atoms with E-state index in [0.29, 0.717) is 12.5 Å². The number of hydrogen-bond donors (Lipinski definition) is 0. The van der Waals surface area contributed by atoms with Crippen LogP contribution < -0.4 is 0 Å². The van der Waals surface area contributed by atoms with Gasteiger partial charge in [0.1, 0.15) is 0 Å². The zero-order chi connectivity index (χ0) is 8.69. The molecule has 3 nitrogen and oxygen atoms in total. The molecule has 0 aliphatic rings. The molecular weight excluding hydrogens is 166 g/mol. The Balaban J connectivity index is 3.62. The van der Waals surface area contributed by atoms with Crippen LogP contribution in [0.3, 0.4) is 0 Å². The van der Waals surface area contributed by atoms with Crippen LogP contribution in [0.5, 0.6) is 0 Å². The number of rotatable bonds is 4. The van der Waals surface area contributed by atoms with Gasteiger partial charge in [-0.05, 0) is 13.0 Å². The monoisotopic (exact) mass is 177 g/mol. The molecule has 0 rings (SSSR count). The summed E-state index contributed by atoms with van der Waals surface area (Å²) in [6.45, 7) is 7.54. The Bertz CT molecular complexity index is 147. The molecule has 0 saturated heterocycles. The van der Waals surface area contributed by atoms with Crippen LogP contribution >= 0.6 is 11.6 Å². The molecule has 0 bridgehead atoms. The summed E-state index contributed by atoms with van der Waals surface area (Å²) in [6, 6.07) is 0. The second-order valence-corrected chi connectivity index (χ2v) is 2.17. The van der Waals surface area contributed by atoms with Crippen molar-refractivity contribution in [3.63, 3.8) is 0 Å². The van der Waals surface area contributed by atoms with Gasteiger partial charge in [-0.2, -0.15) is 0 Å². The molecule has 1 unspecified atom stereocenters. The summed E-state index contributed by atoms with van der Waals surface area (Å²) >= 11 is 5.51. The molecule has 0 saturated carbocycles. The maximum Gasteiger partial charge on any atom is 0.222 e. The number of oxime groups is 1. The highest BCUT2D eigenvalue weighted by atomic mass is 35.5. The average molecular weight is 178 g/mol. The van der Waals surface area contributed by atoms with Crippen molar-refractivity contribution in [2.75, 3.05) is 6.61 Å². The SMILES string of the molecule is C=CC(Cl)ON=C(C)OCC. The van der Waals surface area contributed by atoms with Crippen LogP contribution in [0.15, 0.2) is 17.8 Å². The Labute approximate surface area is 71.6 Å². The van der Waals surface area contributed by atoms with E-state index in [1.165, 1.54) is 6.08 Å². The lowest BCUT2D eigenvalue weighted by molar-refractivity contribution is 0.134. The quantitative estimate of drug-likeness (QED) is 0.217. The molecule has 0 aliphatic carbocycles. The van der Waals surface area contributed by atoms with Gasteiger partial charge in [0, 0.05) is 6.92 Å². The molecule has 0 amide bonds. The molecule has 0 spiro atoms. The number of nitrogens with zero attached hydrogens (tertiary/aromatic N) is 1. The van der Waals surface area contributed by atoms with Crippen LogP contribution in [0.1, 0.15) is 13.8 Å². The number of ether oxygens (including phenoxy) is 1. The van der Waals surface area contributed by atoms with Crippen molar-refractivity contribution < 1.29 is 9.57 Å². The van der Waals surface area contributed by atoms with Crippen molar-refractivity contribution in [1.29, 1.82) is 0 Å². The summed E-state index contributed by atoms with van der Waals surface area (Å²) in [6.07, 6.45) is 1.43. The maximum absolute atomic E-state index is 5.51. The summed E-state index contributed by atoms with van der Waals surface area (Å²) < 4.78 is 4.97. The van der Waals surface area contributed by atoms with Crippen LogP contribution in [0.2, 0.25) is 0 Å². The van der Waals surface area contributed by atoms with E-state index in [0.717, 1.165) is 0 Å². The summed E-state index contributed by atoms with van der Waals surface area (Å²) in [4.78, 5) is 4.72. The predicted octanol–water partition coefficient (Wildman–Crippen LogP) is 2.12. The predicted molar refractivity (Wildman–Crippen MR) is 45.7 cm³/mol. The van der Waals surface area contributed by atoms with E-state index < -0.39 is 5.56 Å². The number of alkyl halides is 1. The zero-order valence-electron chi connectivity index (χ0n) is 6.71. The Morgan fingerprint density at radius 1 is 1.82 bits per heavy atom. The molecule has 0 fully saturated rings. The smallest absolute Gasteiger partial charge is 0.222 e. The van der Waals surface area contributed by atoms with Gasteiger partial charge in [-0.3, -0.25) is 0 Å². The normalized spacial score (nSPS) is 13.9. The molecule has 0 heterocycles. The van der Waals surface area contributed by atoms with Crippen molar-refractivity contribution in [1.82, 2.24) is 0 Å². The molecule has 4 heteroatoms. The Kier molecular flexibility index (Phi) is 5.65. The van der Waals surface area contributed by atoms with Gasteiger partial charge in [0.2, 0.25) is 11.5 Å². The van der Waals surface area contributed by atoms with Crippen molar-refractivity contribution in [3.8, 4) is 0 Å². The summed E-state index contributed by atoms with van der Waals surface area (Å²) in [7, 11) is 0. The van der Waals surface area contributed by atoms with Crippen LogP contribution in [-0.4, -0.2) is 18.1 Å². The Hall–Kier alpha value is -0.700. The third-order valence-corrected chi connectivity index (χ3v) is 1.08. The van der Waals surface area contributed by atoms with E-state index >= 15 is 0 Å². The van der Waals surface area contributed by atoms with Crippen molar-refractivity contribution in [2.45, 2.75) is 19.4 Å². The molecule has 64 valence electrons. The molecule has 0 N–H and O–H groups in total. The van der Waals surface area contributed by atoms with Crippen molar-refractivity contribution in [3.05, 3.63) is 12.7 Å². The molecule has 0 radical (unpaired) electrons. The molecule has 0 aromatic rings. The van der Waals surface area contributed by atoms with Gasteiger partial charge in [-0.15, -0.1) is 0 Å². The molecule has 0 aromatic carbocycles. The molecule has 11 heavy (non-hydrogen) atoms. The highest BCUT2D eigenvalue weighted by Gasteiger charge is 1.96. The van der Waals surface area contributed by atoms with Gasteiger partial charge in [0.05, 0.1) is 6.61 Å². The van der Waals surface area contributed by atoms with Crippen LogP contribution in [0, 0.1) is 0 Å². The molecule has 0 aliphatic heterocycles. The van der Waals surface area contributed by atoms with Crippen molar-refractivity contribution >= 4 is 17.5 Å². The lowest BCUT2D eigenvalue weighted by atomic mass is 10.7. The third kappa shape index (κ3) is 5.73. The van der Waals surface area contributed by atoms with Gasteiger partial charge in [-0.1, -0.05) is 23.3 Å². The lowest BCUT2D eigenvalue weighted by Crippen LogP contribution is -2.02. The van der Waals surface area contributed by atoms with E-state index in [9.17, 15) is 0 Å². The second-order valence-electron chi connectivity index (χ2n) is 1.74. The van der Waals surface area contributed by atoms with Crippen molar-refractivity contribution in [2.24, 2.45) is 5.16 Å². The molecule has 1 atom stereocenters. The first-order chi connectivity index (χ1) is 5.20. The largest absolute Gasteiger partial charge is 0.479 e. The first-order valence-electron chi connectivity index (χ1n) is 3.30. The fraction of sp³-hybridized carbons (Fsp3) is 0.571. The van der Waals surface area contributed by atoms with E-state index in [4.69, 9.17) is 21.2 Å². The van der Waals surface area contributed by atoms with E-state index in [1.807, 2.05) is 6.92 Å². The topological polar surface area (TPSA) is 30.8 Å². The Morgan fingerprint density at radius 3 is 2.91 bits per heavy atom. The molecule has 0 aromatic heterocycles. The summed E-state index contributed by atoms with van der Waals surface area (Å²) in [5.74, 6) is 0.458. The van der Waals surface area contributed by atoms with E-state index in [1.54, 1.807) is 6.92 Å². The minimum absolute atomic E-state index is 0.458. The highest BCUT2D eigenvalue weighted by molar-refractivity contribution is 6.20. The zero-order valence-corrected chi connectivity index (χ0v) is 7.47. The first-order valence-corrected chi connectivity index (χ1v) is 3.74. The minimum atomic E-state index is -0.592. The van der Waals surface area contributed by atoms with E-state index in [-0.39, 0.29) is 0 Å². The fourth-order valence-electron chi connectivity index (χ4n) is 0.403. The van der Waals surface area contributed by atoms with Gasteiger partial charge in [0.15, 0.2) is 0 Å². The second kappa shape index (κ2) is 6.04.